The van der Waals surface area contributed by atoms with Crippen LogP contribution in [0.3, 0.4) is 0 Å². The maximum atomic E-state index is 13.2. The summed E-state index contributed by atoms with van der Waals surface area (Å²) in [5, 5.41) is 4.66. The van der Waals surface area contributed by atoms with Crippen LogP contribution in [0.2, 0.25) is 0 Å². The Morgan fingerprint density at radius 3 is 2.47 bits per heavy atom. The van der Waals surface area contributed by atoms with Gasteiger partial charge in [-0.2, -0.15) is 5.10 Å². The van der Waals surface area contributed by atoms with Crippen molar-refractivity contribution in [3.8, 4) is 5.69 Å². The first-order valence-corrected chi connectivity index (χ1v) is 9.97. The summed E-state index contributed by atoms with van der Waals surface area (Å²) in [5.74, 6) is -0.0631. The number of halogens is 1. The molecule has 1 fully saturated rings. The van der Waals surface area contributed by atoms with Crippen LogP contribution in [0.1, 0.15) is 27.3 Å². The topological polar surface area (TPSA) is 80.3 Å². The summed E-state index contributed by atoms with van der Waals surface area (Å²) in [5.41, 5.74) is 10.0. The Kier molecular flexibility index (Phi) is 5.50. The zero-order valence-electron chi connectivity index (χ0n) is 17.2. The van der Waals surface area contributed by atoms with Gasteiger partial charge < -0.3 is 10.6 Å². The number of amides is 1. The van der Waals surface area contributed by atoms with E-state index in [2.05, 4.69) is 19.9 Å². The van der Waals surface area contributed by atoms with Crippen LogP contribution in [-0.4, -0.2) is 51.8 Å². The summed E-state index contributed by atoms with van der Waals surface area (Å²) < 4.78 is 15.1. The zero-order valence-corrected chi connectivity index (χ0v) is 17.2. The van der Waals surface area contributed by atoms with Gasteiger partial charge in [0.1, 0.15) is 11.6 Å². The summed E-state index contributed by atoms with van der Waals surface area (Å²) in [4.78, 5) is 20.5. The Hall–Kier alpha value is -3.26. The number of carbonyl (C=O) groups excluding carboxylic acids is 1. The molecule has 0 atom stereocenters. The van der Waals surface area contributed by atoms with Crippen LogP contribution >= 0.6 is 0 Å². The SMILES string of the molecule is Cc1nn(-c2ccc(F)cc2)c(C)c1CN1CCN(c2ncccc2C(N)=O)CC1. The highest BCUT2D eigenvalue weighted by Gasteiger charge is 2.23. The van der Waals surface area contributed by atoms with Gasteiger partial charge in [0, 0.05) is 50.2 Å². The normalized spacial score (nSPS) is 14.8. The molecule has 0 bridgehead atoms. The average molecular weight is 408 g/mol. The number of pyridine rings is 1. The van der Waals surface area contributed by atoms with Crippen molar-refractivity contribution in [1.82, 2.24) is 19.7 Å². The fraction of sp³-hybridized carbons (Fsp3) is 0.318. The van der Waals surface area contributed by atoms with Gasteiger partial charge in [-0.15, -0.1) is 0 Å². The van der Waals surface area contributed by atoms with Gasteiger partial charge in [-0.1, -0.05) is 0 Å². The van der Waals surface area contributed by atoms with Crippen molar-refractivity contribution in [2.24, 2.45) is 5.73 Å². The summed E-state index contributed by atoms with van der Waals surface area (Å²) in [6.45, 7) is 8.05. The number of nitrogens with two attached hydrogens (primary N) is 1. The van der Waals surface area contributed by atoms with E-state index in [1.807, 2.05) is 18.5 Å². The Bertz CT molecular complexity index is 1050. The number of benzene rings is 1. The third-order valence-electron chi connectivity index (χ3n) is 5.62. The third kappa shape index (κ3) is 3.91. The molecule has 1 saturated heterocycles. The highest BCUT2D eigenvalue weighted by atomic mass is 19.1. The van der Waals surface area contributed by atoms with Crippen LogP contribution < -0.4 is 10.6 Å². The molecule has 0 saturated carbocycles. The monoisotopic (exact) mass is 408 g/mol. The smallest absolute Gasteiger partial charge is 0.252 e. The minimum Gasteiger partial charge on any atom is -0.365 e. The lowest BCUT2D eigenvalue weighted by molar-refractivity contribution is 0.1000. The molecule has 30 heavy (non-hydrogen) atoms. The van der Waals surface area contributed by atoms with Crippen LogP contribution in [0.25, 0.3) is 5.69 Å². The minimum atomic E-state index is -0.458. The molecule has 3 heterocycles. The molecule has 3 aromatic rings. The second kappa shape index (κ2) is 8.23. The molecule has 0 spiro atoms. The van der Waals surface area contributed by atoms with Gasteiger partial charge in [0.25, 0.3) is 5.91 Å². The molecule has 1 aliphatic rings. The highest BCUT2D eigenvalue weighted by molar-refractivity contribution is 5.97. The summed E-state index contributed by atoms with van der Waals surface area (Å²) in [7, 11) is 0. The molecule has 1 aromatic carbocycles. The van der Waals surface area contributed by atoms with Crippen LogP contribution in [0.15, 0.2) is 42.6 Å². The van der Waals surface area contributed by atoms with Gasteiger partial charge in [0.05, 0.1) is 16.9 Å². The number of primary amides is 1. The van der Waals surface area contributed by atoms with E-state index < -0.39 is 5.91 Å². The van der Waals surface area contributed by atoms with Crippen molar-refractivity contribution >= 4 is 11.7 Å². The molecule has 0 radical (unpaired) electrons. The van der Waals surface area contributed by atoms with E-state index in [-0.39, 0.29) is 5.82 Å². The number of rotatable bonds is 5. The molecule has 156 valence electrons. The number of aryl methyl sites for hydroxylation is 1. The lowest BCUT2D eigenvalue weighted by Crippen LogP contribution is -2.47. The minimum absolute atomic E-state index is 0.259. The predicted octanol–water partition coefficient (Wildman–Crippen LogP) is 2.44. The first-order chi connectivity index (χ1) is 14.4. The Morgan fingerprint density at radius 2 is 1.80 bits per heavy atom. The van der Waals surface area contributed by atoms with E-state index in [1.54, 1.807) is 30.5 Å². The Labute approximate surface area is 174 Å². The number of carbonyl (C=O) groups is 1. The van der Waals surface area contributed by atoms with Gasteiger partial charge in [-0.3, -0.25) is 9.69 Å². The van der Waals surface area contributed by atoms with Crippen molar-refractivity contribution in [1.29, 1.82) is 0 Å². The molecule has 0 unspecified atom stereocenters. The van der Waals surface area contributed by atoms with E-state index in [0.29, 0.717) is 11.4 Å². The standard InChI is InChI=1S/C22H25FN6O/c1-15-20(16(2)29(26-15)18-7-5-17(23)6-8-18)14-27-10-12-28(13-11-27)22-19(21(24)30)4-3-9-25-22/h3-9H,10-14H2,1-2H3,(H2,24,30). The highest BCUT2D eigenvalue weighted by Crippen LogP contribution is 2.22. The number of nitrogens with zero attached hydrogens (tertiary/aromatic N) is 5. The van der Waals surface area contributed by atoms with Crippen molar-refractivity contribution in [3.05, 3.63) is 70.9 Å². The van der Waals surface area contributed by atoms with Crippen molar-refractivity contribution < 1.29 is 9.18 Å². The second-order valence-electron chi connectivity index (χ2n) is 7.54. The maximum Gasteiger partial charge on any atom is 0.252 e. The number of aromatic nitrogens is 3. The molecular formula is C22H25FN6O. The van der Waals surface area contributed by atoms with Crippen LogP contribution in [-0.2, 0) is 6.54 Å². The number of hydrogen-bond donors (Lipinski definition) is 1. The molecule has 2 aromatic heterocycles. The lowest BCUT2D eigenvalue weighted by atomic mass is 10.1. The zero-order chi connectivity index (χ0) is 21.3. The maximum absolute atomic E-state index is 13.2. The Morgan fingerprint density at radius 1 is 1.10 bits per heavy atom. The van der Waals surface area contributed by atoms with Crippen molar-refractivity contribution in [2.45, 2.75) is 20.4 Å². The molecule has 4 rings (SSSR count). The van der Waals surface area contributed by atoms with Crippen molar-refractivity contribution in [3.63, 3.8) is 0 Å². The fourth-order valence-electron chi connectivity index (χ4n) is 3.92. The summed E-state index contributed by atoms with van der Waals surface area (Å²) >= 11 is 0. The molecule has 0 aliphatic carbocycles. The fourth-order valence-corrected chi connectivity index (χ4v) is 3.92. The largest absolute Gasteiger partial charge is 0.365 e. The molecule has 1 amide bonds. The first-order valence-electron chi connectivity index (χ1n) is 9.97. The number of piperazine rings is 1. The number of hydrogen-bond acceptors (Lipinski definition) is 5. The lowest BCUT2D eigenvalue weighted by Gasteiger charge is -2.36. The third-order valence-corrected chi connectivity index (χ3v) is 5.62. The van der Waals surface area contributed by atoms with Gasteiger partial charge in [-0.25, -0.2) is 14.1 Å². The molecular weight excluding hydrogens is 383 g/mol. The number of anilines is 1. The predicted molar refractivity (Wildman–Crippen MR) is 113 cm³/mol. The van der Waals surface area contributed by atoms with Crippen LogP contribution in [0.5, 0.6) is 0 Å². The van der Waals surface area contributed by atoms with E-state index in [9.17, 15) is 9.18 Å². The average Bonchev–Trinajstić information content (AvgIpc) is 3.03. The van der Waals surface area contributed by atoms with Crippen molar-refractivity contribution in [2.75, 3.05) is 31.1 Å². The Balaban J connectivity index is 1.46. The van der Waals surface area contributed by atoms with E-state index in [1.165, 1.54) is 17.7 Å². The second-order valence-corrected chi connectivity index (χ2v) is 7.54. The van der Waals surface area contributed by atoms with Gasteiger partial charge in [0.2, 0.25) is 0 Å². The summed E-state index contributed by atoms with van der Waals surface area (Å²) in [6.07, 6.45) is 1.69. The molecule has 8 heteroatoms. The van der Waals surface area contributed by atoms with Gasteiger partial charge in [-0.05, 0) is 50.2 Å². The molecule has 2 N–H and O–H groups in total. The first kappa shape index (κ1) is 20.0. The van der Waals surface area contributed by atoms with E-state index in [4.69, 9.17) is 5.73 Å². The summed E-state index contributed by atoms with van der Waals surface area (Å²) in [6, 6.07) is 9.81. The van der Waals surface area contributed by atoms with Crippen LogP contribution in [0, 0.1) is 19.7 Å². The van der Waals surface area contributed by atoms with E-state index in [0.717, 1.165) is 49.8 Å². The van der Waals surface area contributed by atoms with Crippen LogP contribution in [0.4, 0.5) is 10.2 Å². The molecule has 1 aliphatic heterocycles. The molecule has 7 nitrogen and oxygen atoms in total. The quantitative estimate of drug-likeness (QED) is 0.701. The van der Waals surface area contributed by atoms with E-state index >= 15 is 0 Å². The van der Waals surface area contributed by atoms with Gasteiger partial charge >= 0.3 is 0 Å². The van der Waals surface area contributed by atoms with Gasteiger partial charge in [0.15, 0.2) is 0 Å².